The van der Waals surface area contributed by atoms with Gasteiger partial charge in [0.1, 0.15) is 0 Å². The van der Waals surface area contributed by atoms with Crippen LogP contribution in [0, 0.1) is 5.92 Å². The predicted octanol–water partition coefficient (Wildman–Crippen LogP) is 1.49. The van der Waals surface area contributed by atoms with Crippen molar-refractivity contribution < 1.29 is 9.90 Å². The third kappa shape index (κ3) is 9.43. The molecule has 0 aliphatic rings. The Bertz CT molecular complexity index is 124. The zero-order valence-corrected chi connectivity index (χ0v) is 7.97. The molecule has 0 radical (unpaired) electrons. The fourth-order valence-electron chi connectivity index (χ4n) is 0.998. The Morgan fingerprint density at radius 3 is 2.58 bits per heavy atom. The van der Waals surface area contributed by atoms with Gasteiger partial charge in [0.15, 0.2) is 0 Å². The molecule has 0 spiro atoms. The van der Waals surface area contributed by atoms with Crippen LogP contribution in [0.15, 0.2) is 0 Å². The van der Waals surface area contributed by atoms with E-state index in [1.807, 2.05) is 0 Å². The molecule has 0 heterocycles. The van der Waals surface area contributed by atoms with Gasteiger partial charge in [0, 0.05) is 0 Å². The molecule has 12 heavy (non-hydrogen) atoms. The maximum atomic E-state index is 10.1. The fraction of sp³-hybridized carbons (Fsp3) is 0.889. The van der Waals surface area contributed by atoms with E-state index in [0.29, 0.717) is 0 Å². The highest BCUT2D eigenvalue weighted by molar-refractivity contribution is 5.68. The van der Waals surface area contributed by atoms with Gasteiger partial charge >= 0.3 is 5.97 Å². The van der Waals surface area contributed by atoms with Crippen molar-refractivity contribution in [1.29, 1.82) is 0 Å². The Labute approximate surface area is 74.2 Å². The monoisotopic (exact) mass is 173 g/mol. The van der Waals surface area contributed by atoms with E-state index in [1.54, 1.807) is 0 Å². The summed E-state index contributed by atoms with van der Waals surface area (Å²) in [5, 5.41) is 11.2. The van der Waals surface area contributed by atoms with Gasteiger partial charge in [-0.1, -0.05) is 26.7 Å². The fourth-order valence-corrected chi connectivity index (χ4v) is 0.998. The molecule has 0 bridgehead atoms. The van der Waals surface area contributed by atoms with Gasteiger partial charge in [-0.25, -0.2) is 0 Å². The Morgan fingerprint density at radius 1 is 1.42 bits per heavy atom. The maximum Gasteiger partial charge on any atom is 0.317 e. The summed E-state index contributed by atoms with van der Waals surface area (Å²) in [5.41, 5.74) is 0. The first-order chi connectivity index (χ1) is 5.63. The highest BCUT2D eigenvalue weighted by Crippen LogP contribution is 2.04. The average Bonchev–Trinajstić information content (AvgIpc) is 1.95. The van der Waals surface area contributed by atoms with Gasteiger partial charge in [0.2, 0.25) is 0 Å². The highest BCUT2D eigenvalue weighted by atomic mass is 16.4. The first-order valence-electron chi connectivity index (χ1n) is 4.55. The molecular formula is C9H19NO2. The second-order valence-electron chi connectivity index (χ2n) is 3.46. The van der Waals surface area contributed by atoms with E-state index >= 15 is 0 Å². The second-order valence-corrected chi connectivity index (χ2v) is 3.46. The van der Waals surface area contributed by atoms with Crippen molar-refractivity contribution in [1.82, 2.24) is 5.32 Å². The summed E-state index contributed by atoms with van der Waals surface area (Å²) in [6.07, 6.45) is 3.49. The first-order valence-corrected chi connectivity index (χ1v) is 4.55. The Balaban J connectivity index is 2.96. The van der Waals surface area contributed by atoms with Crippen LogP contribution in [-0.4, -0.2) is 24.2 Å². The van der Waals surface area contributed by atoms with E-state index in [-0.39, 0.29) is 6.54 Å². The number of carboxylic acids is 1. The Kier molecular flexibility index (Phi) is 6.76. The van der Waals surface area contributed by atoms with Gasteiger partial charge in [0.05, 0.1) is 6.54 Å². The number of carboxylic acid groups (broad SMARTS) is 1. The molecule has 0 fully saturated rings. The molecule has 0 rings (SSSR count). The summed E-state index contributed by atoms with van der Waals surface area (Å²) in [5.74, 6) is -0.0247. The molecule has 0 amide bonds. The molecule has 0 unspecified atom stereocenters. The number of hydrogen-bond acceptors (Lipinski definition) is 2. The van der Waals surface area contributed by atoms with Crippen LogP contribution < -0.4 is 5.32 Å². The number of unbranched alkanes of at least 4 members (excludes halogenated alkanes) is 1. The predicted molar refractivity (Wildman–Crippen MR) is 49.2 cm³/mol. The van der Waals surface area contributed by atoms with Crippen molar-refractivity contribution in [3.8, 4) is 0 Å². The van der Waals surface area contributed by atoms with Crippen LogP contribution >= 0.6 is 0 Å². The zero-order valence-electron chi connectivity index (χ0n) is 7.97. The van der Waals surface area contributed by atoms with Crippen molar-refractivity contribution in [2.24, 2.45) is 5.92 Å². The summed E-state index contributed by atoms with van der Waals surface area (Å²) in [7, 11) is 0. The smallest absolute Gasteiger partial charge is 0.317 e. The van der Waals surface area contributed by atoms with Gasteiger partial charge in [-0.2, -0.15) is 0 Å². The van der Waals surface area contributed by atoms with Crippen LogP contribution in [0.2, 0.25) is 0 Å². The number of carbonyl (C=O) groups is 1. The lowest BCUT2D eigenvalue weighted by Gasteiger charge is -2.04. The van der Waals surface area contributed by atoms with Crippen LogP contribution in [-0.2, 0) is 4.79 Å². The van der Waals surface area contributed by atoms with Gasteiger partial charge in [-0.15, -0.1) is 0 Å². The SMILES string of the molecule is CC(C)CCCCNCC(=O)O. The third-order valence-electron chi connectivity index (χ3n) is 1.66. The standard InChI is InChI=1S/C9H19NO2/c1-8(2)5-3-4-6-10-7-9(11)12/h8,10H,3-7H2,1-2H3,(H,11,12). The quantitative estimate of drug-likeness (QED) is 0.573. The minimum absolute atomic E-state index is 0.0850. The van der Waals surface area contributed by atoms with Crippen LogP contribution in [0.4, 0.5) is 0 Å². The topological polar surface area (TPSA) is 49.3 Å². The minimum atomic E-state index is -0.779. The molecule has 3 nitrogen and oxygen atoms in total. The van der Waals surface area contributed by atoms with Gasteiger partial charge in [-0.05, 0) is 18.9 Å². The van der Waals surface area contributed by atoms with E-state index in [2.05, 4.69) is 19.2 Å². The molecule has 0 saturated carbocycles. The third-order valence-corrected chi connectivity index (χ3v) is 1.66. The van der Waals surface area contributed by atoms with Crippen LogP contribution in [0.25, 0.3) is 0 Å². The molecule has 0 aliphatic heterocycles. The zero-order chi connectivity index (χ0) is 9.40. The molecule has 3 heteroatoms. The summed E-state index contributed by atoms with van der Waals surface area (Å²) in [6.45, 7) is 5.30. The number of rotatable bonds is 7. The summed E-state index contributed by atoms with van der Waals surface area (Å²) in [4.78, 5) is 10.1. The van der Waals surface area contributed by atoms with Crippen LogP contribution in [0.3, 0.4) is 0 Å². The van der Waals surface area contributed by atoms with Gasteiger partial charge < -0.3 is 10.4 Å². The van der Waals surface area contributed by atoms with Crippen LogP contribution in [0.5, 0.6) is 0 Å². The summed E-state index contributed by atoms with van der Waals surface area (Å²) >= 11 is 0. The van der Waals surface area contributed by atoms with Crippen molar-refractivity contribution in [3.05, 3.63) is 0 Å². The molecule has 72 valence electrons. The van der Waals surface area contributed by atoms with E-state index < -0.39 is 5.97 Å². The lowest BCUT2D eigenvalue weighted by Crippen LogP contribution is -2.23. The van der Waals surface area contributed by atoms with Crippen molar-refractivity contribution >= 4 is 5.97 Å². The van der Waals surface area contributed by atoms with E-state index in [9.17, 15) is 4.79 Å². The molecule has 0 aliphatic carbocycles. The van der Waals surface area contributed by atoms with Gasteiger partial charge in [-0.3, -0.25) is 4.79 Å². The molecular weight excluding hydrogens is 154 g/mol. The van der Waals surface area contributed by atoms with Crippen LogP contribution in [0.1, 0.15) is 33.1 Å². The molecule has 0 aromatic carbocycles. The molecule has 0 aromatic rings. The lowest BCUT2D eigenvalue weighted by atomic mass is 10.1. The minimum Gasteiger partial charge on any atom is -0.480 e. The molecule has 2 N–H and O–H groups in total. The normalized spacial score (nSPS) is 10.6. The highest BCUT2D eigenvalue weighted by Gasteiger charge is 1.96. The first kappa shape index (κ1) is 11.4. The second kappa shape index (κ2) is 7.10. The van der Waals surface area contributed by atoms with Gasteiger partial charge in [0.25, 0.3) is 0 Å². The van der Waals surface area contributed by atoms with E-state index in [0.717, 1.165) is 18.9 Å². The largest absolute Gasteiger partial charge is 0.480 e. The molecule has 0 atom stereocenters. The Morgan fingerprint density at radius 2 is 2.08 bits per heavy atom. The number of aliphatic carboxylic acids is 1. The Hall–Kier alpha value is -0.570. The molecule has 0 aromatic heterocycles. The van der Waals surface area contributed by atoms with Crippen molar-refractivity contribution in [3.63, 3.8) is 0 Å². The van der Waals surface area contributed by atoms with E-state index in [1.165, 1.54) is 12.8 Å². The average molecular weight is 173 g/mol. The van der Waals surface area contributed by atoms with E-state index in [4.69, 9.17) is 5.11 Å². The number of hydrogen-bond donors (Lipinski definition) is 2. The van der Waals surface area contributed by atoms with Crippen molar-refractivity contribution in [2.45, 2.75) is 33.1 Å². The molecule has 0 saturated heterocycles. The number of nitrogens with one attached hydrogen (secondary N) is 1. The maximum absolute atomic E-state index is 10.1. The van der Waals surface area contributed by atoms with Crippen molar-refractivity contribution in [2.75, 3.05) is 13.1 Å². The summed E-state index contributed by atoms with van der Waals surface area (Å²) < 4.78 is 0. The summed E-state index contributed by atoms with van der Waals surface area (Å²) in [6, 6.07) is 0. The lowest BCUT2D eigenvalue weighted by molar-refractivity contribution is -0.135.